The maximum atomic E-state index is 13.0. The van der Waals surface area contributed by atoms with Crippen LogP contribution in [0.15, 0.2) is 29.3 Å². The number of aromatic nitrogens is 1. The van der Waals surface area contributed by atoms with Crippen molar-refractivity contribution in [3.05, 3.63) is 40.7 Å². The largest absolute Gasteiger partial charge is 0.308 e. The number of carbonyl (C=O) groups is 2. The molecule has 1 aromatic heterocycles. The number of rotatable bonds is 4. The number of aliphatic imine (C=N–C) groups is 1. The summed E-state index contributed by atoms with van der Waals surface area (Å²) in [4.78, 5) is 35.7. The van der Waals surface area contributed by atoms with Crippen LogP contribution in [0.25, 0.3) is 10.6 Å². The molecule has 5 nitrogen and oxygen atoms in total. The molecule has 2 aromatic rings. The van der Waals surface area contributed by atoms with E-state index in [4.69, 9.17) is 0 Å². The fourth-order valence-electron chi connectivity index (χ4n) is 2.34. The van der Waals surface area contributed by atoms with Gasteiger partial charge in [-0.25, -0.2) is 9.37 Å². The summed E-state index contributed by atoms with van der Waals surface area (Å²) in [5, 5.41) is 0.538. The number of nitrogens with zero attached hydrogens (tertiary/aromatic N) is 3. The Hall–Kier alpha value is -2.25. The third-order valence-corrected chi connectivity index (χ3v) is 4.77. The molecule has 0 spiro atoms. The number of likely N-dealkylation sites (N-methyl/N-ethyl adjacent to an activating group) is 1. The van der Waals surface area contributed by atoms with Gasteiger partial charge in [0, 0.05) is 12.1 Å². The average Bonchev–Trinajstić information content (AvgIpc) is 2.98. The van der Waals surface area contributed by atoms with Gasteiger partial charge in [-0.2, -0.15) is 0 Å². The Labute approximate surface area is 142 Å². The van der Waals surface area contributed by atoms with Crippen molar-refractivity contribution in [3.8, 4) is 10.6 Å². The summed E-state index contributed by atoms with van der Waals surface area (Å²) in [5.41, 5.74) is 1.12. The molecule has 0 saturated heterocycles. The first-order chi connectivity index (χ1) is 11.5. The van der Waals surface area contributed by atoms with Gasteiger partial charge in [-0.05, 0) is 38.4 Å². The first-order valence-electron chi connectivity index (χ1n) is 7.48. The van der Waals surface area contributed by atoms with E-state index in [1.807, 2.05) is 19.0 Å². The van der Waals surface area contributed by atoms with Crippen LogP contribution in [-0.4, -0.2) is 54.3 Å². The molecule has 0 fully saturated rings. The van der Waals surface area contributed by atoms with E-state index in [0.29, 0.717) is 28.5 Å². The molecule has 1 aliphatic rings. The van der Waals surface area contributed by atoms with Crippen molar-refractivity contribution in [2.45, 2.75) is 6.42 Å². The lowest BCUT2D eigenvalue weighted by molar-refractivity contribution is 0.0966. The van der Waals surface area contributed by atoms with Gasteiger partial charge in [0.15, 0.2) is 5.78 Å². The predicted octanol–water partition coefficient (Wildman–Crippen LogP) is 2.72. The Morgan fingerprint density at radius 1 is 1.25 bits per heavy atom. The van der Waals surface area contributed by atoms with Crippen molar-refractivity contribution in [1.29, 1.82) is 0 Å². The summed E-state index contributed by atoms with van der Waals surface area (Å²) in [5.74, 6) is -0.769. The van der Waals surface area contributed by atoms with Crippen molar-refractivity contribution in [2.24, 2.45) is 4.99 Å². The minimum absolute atomic E-state index is 0.0182. The smallest absolute Gasteiger partial charge is 0.227 e. The quantitative estimate of drug-likeness (QED) is 0.855. The summed E-state index contributed by atoms with van der Waals surface area (Å²) in [6.45, 7) is 1.17. The second kappa shape index (κ2) is 6.70. The maximum Gasteiger partial charge on any atom is 0.227 e. The Morgan fingerprint density at radius 2 is 1.96 bits per heavy atom. The van der Waals surface area contributed by atoms with Crippen LogP contribution in [0.1, 0.15) is 26.6 Å². The number of halogens is 1. The van der Waals surface area contributed by atoms with Crippen LogP contribution in [0.5, 0.6) is 0 Å². The summed E-state index contributed by atoms with van der Waals surface area (Å²) in [7, 11) is 3.84. The number of hydrogen-bond acceptors (Lipinski definition) is 6. The molecule has 0 saturated carbocycles. The second-order valence-electron chi connectivity index (χ2n) is 5.76. The summed E-state index contributed by atoms with van der Waals surface area (Å²) in [6.07, 6.45) is 0.0182. The zero-order valence-corrected chi connectivity index (χ0v) is 14.2. The monoisotopic (exact) mass is 345 g/mol. The molecular formula is C17H16FN3O2S. The zero-order chi connectivity index (χ0) is 17.3. The molecule has 24 heavy (non-hydrogen) atoms. The summed E-state index contributed by atoms with van der Waals surface area (Å²) < 4.78 is 13.0. The lowest BCUT2D eigenvalue weighted by atomic mass is 9.98. The van der Waals surface area contributed by atoms with Gasteiger partial charge >= 0.3 is 0 Å². The minimum Gasteiger partial charge on any atom is -0.308 e. The van der Waals surface area contributed by atoms with Gasteiger partial charge < -0.3 is 4.90 Å². The van der Waals surface area contributed by atoms with Crippen molar-refractivity contribution in [2.75, 3.05) is 27.2 Å². The number of ketones is 2. The van der Waals surface area contributed by atoms with Crippen LogP contribution in [0.4, 0.5) is 4.39 Å². The number of hydrogen-bond donors (Lipinski definition) is 0. The molecule has 1 aromatic carbocycles. The average molecular weight is 345 g/mol. The van der Waals surface area contributed by atoms with Gasteiger partial charge in [0.05, 0.1) is 18.7 Å². The maximum absolute atomic E-state index is 13.0. The van der Waals surface area contributed by atoms with Gasteiger partial charge in [0.1, 0.15) is 21.4 Å². The van der Waals surface area contributed by atoms with Gasteiger partial charge in [0.25, 0.3) is 0 Å². The van der Waals surface area contributed by atoms with Crippen LogP contribution in [0, 0.1) is 5.82 Å². The van der Waals surface area contributed by atoms with E-state index in [1.54, 1.807) is 12.1 Å². The van der Waals surface area contributed by atoms with Gasteiger partial charge in [-0.3, -0.25) is 14.6 Å². The highest BCUT2D eigenvalue weighted by atomic mass is 32.1. The molecule has 7 heteroatoms. The van der Waals surface area contributed by atoms with Crippen molar-refractivity contribution in [3.63, 3.8) is 0 Å². The number of carbonyl (C=O) groups excluding carboxylic acids is 2. The van der Waals surface area contributed by atoms with E-state index in [2.05, 4.69) is 9.98 Å². The lowest BCUT2D eigenvalue weighted by Gasteiger charge is -2.11. The molecule has 1 heterocycles. The van der Waals surface area contributed by atoms with Crippen molar-refractivity contribution in [1.82, 2.24) is 9.88 Å². The molecule has 0 aliphatic heterocycles. The van der Waals surface area contributed by atoms with Crippen LogP contribution in [-0.2, 0) is 0 Å². The Bertz CT molecular complexity index is 825. The molecule has 0 N–H and O–H groups in total. The first-order valence-corrected chi connectivity index (χ1v) is 8.30. The van der Waals surface area contributed by atoms with E-state index in [0.717, 1.165) is 0 Å². The fraction of sp³-hybridized carbons (Fsp3) is 0.294. The molecular weight excluding hydrogens is 329 g/mol. The lowest BCUT2D eigenvalue weighted by Crippen LogP contribution is -2.27. The Kier molecular flexibility index (Phi) is 4.64. The molecule has 0 unspecified atom stereocenters. The van der Waals surface area contributed by atoms with Gasteiger partial charge in [-0.1, -0.05) is 0 Å². The normalized spacial score (nSPS) is 16.1. The molecule has 0 atom stereocenters. The number of benzene rings is 1. The number of fused-ring (bicyclic) bond motifs is 1. The number of thiazole rings is 1. The summed E-state index contributed by atoms with van der Waals surface area (Å²) in [6, 6.07) is 5.82. The van der Waals surface area contributed by atoms with Crippen molar-refractivity contribution < 1.29 is 14.0 Å². The molecule has 3 rings (SSSR count). The van der Waals surface area contributed by atoms with Crippen molar-refractivity contribution >= 4 is 28.6 Å². The Morgan fingerprint density at radius 3 is 2.62 bits per heavy atom. The molecule has 0 bridgehead atoms. The highest BCUT2D eigenvalue weighted by Gasteiger charge is 2.33. The van der Waals surface area contributed by atoms with E-state index < -0.39 is 0 Å². The van der Waals surface area contributed by atoms with Gasteiger partial charge in [-0.15, -0.1) is 11.3 Å². The third-order valence-electron chi connectivity index (χ3n) is 3.63. The summed E-state index contributed by atoms with van der Waals surface area (Å²) >= 11 is 1.17. The van der Waals surface area contributed by atoms with Crippen LogP contribution in [0.2, 0.25) is 0 Å². The van der Waals surface area contributed by atoms with Crippen LogP contribution < -0.4 is 0 Å². The minimum atomic E-state index is -0.345. The van der Waals surface area contributed by atoms with E-state index in [9.17, 15) is 14.0 Å². The SMILES string of the molecule is CN(C)CCN=C1CC(=O)c2sc(-c3ccc(F)cc3)nc2C1=O. The highest BCUT2D eigenvalue weighted by Crippen LogP contribution is 2.32. The Balaban J connectivity index is 1.91. The standard InChI is InChI=1S/C17H16FN3O2S/c1-21(2)8-7-19-12-9-13(22)16-14(15(12)23)20-17(24-16)10-3-5-11(18)6-4-10/h3-6H,7-9H2,1-2H3. The van der Waals surface area contributed by atoms with Gasteiger partial charge in [0.2, 0.25) is 5.78 Å². The molecule has 124 valence electrons. The zero-order valence-electron chi connectivity index (χ0n) is 13.4. The number of Topliss-reactive ketones (excluding diaryl/α,β-unsaturated/α-hetero) is 2. The van der Waals surface area contributed by atoms with Crippen LogP contribution in [0.3, 0.4) is 0 Å². The van der Waals surface area contributed by atoms with Crippen LogP contribution >= 0.6 is 11.3 Å². The second-order valence-corrected chi connectivity index (χ2v) is 6.76. The predicted molar refractivity (Wildman–Crippen MR) is 91.6 cm³/mol. The first kappa shape index (κ1) is 16.6. The fourth-order valence-corrected chi connectivity index (χ4v) is 3.35. The van der Waals surface area contributed by atoms with E-state index in [1.165, 1.54) is 23.5 Å². The van der Waals surface area contributed by atoms with E-state index >= 15 is 0 Å². The highest BCUT2D eigenvalue weighted by molar-refractivity contribution is 7.17. The third kappa shape index (κ3) is 3.32. The molecule has 0 radical (unpaired) electrons. The van der Waals surface area contributed by atoms with E-state index in [-0.39, 0.29) is 35.2 Å². The topological polar surface area (TPSA) is 62.6 Å². The molecule has 1 aliphatic carbocycles. The molecule has 0 amide bonds.